The van der Waals surface area contributed by atoms with Gasteiger partial charge in [-0.2, -0.15) is 0 Å². The van der Waals surface area contributed by atoms with Gasteiger partial charge in [-0.15, -0.1) is 0 Å². The van der Waals surface area contributed by atoms with Crippen molar-refractivity contribution in [3.63, 3.8) is 0 Å². The molecule has 0 radical (unpaired) electrons. The molecule has 0 saturated carbocycles. The number of nitro groups is 1. The number of hydrogen-bond acceptors (Lipinski definition) is 5. The van der Waals surface area contributed by atoms with Crippen molar-refractivity contribution in [3.05, 3.63) is 57.5 Å². The molecular formula is C15H17N3O4. The van der Waals surface area contributed by atoms with Gasteiger partial charge in [0.1, 0.15) is 6.20 Å². The predicted octanol–water partition coefficient (Wildman–Crippen LogP) is 2.56. The number of aryl methyl sites for hydroxylation is 2. The number of ether oxygens (including phenoxy) is 1. The predicted molar refractivity (Wildman–Crippen MR) is 79.6 cm³/mol. The lowest BCUT2D eigenvalue weighted by molar-refractivity contribution is -0.389. The third-order valence-corrected chi connectivity index (χ3v) is 3.24. The first-order valence-corrected chi connectivity index (χ1v) is 6.87. The summed E-state index contributed by atoms with van der Waals surface area (Å²) in [6.07, 6.45) is 1.26. The van der Waals surface area contributed by atoms with Crippen molar-refractivity contribution in [2.45, 2.75) is 26.8 Å². The SMILES string of the molecule is CCOC(=O)C(c1cccc(C)c1)n1cc([N+](=O)[O-])nc1C. The number of rotatable bonds is 5. The molecule has 0 bridgehead atoms. The lowest BCUT2D eigenvalue weighted by atomic mass is 10.0. The zero-order valence-electron chi connectivity index (χ0n) is 12.6. The monoisotopic (exact) mass is 303 g/mol. The van der Waals surface area contributed by atoms with Crippen LogP contribution in [0.3, 0.4) is 0 Å². The topological polar surface area (TPSA) is 87.3 Å². The Morgan fingerprint density at radius 1 is 1.45 bits per heavy atom. The van der Waals surface area contributed by atoms with Gasteiger partial charge >= 0.3 is 11.8 Å². The highest BCUT2D eigenvalue weighted by molar-refractivity contribution is 5.78. The van der Waals surface area contributed by atoms with E-state index in [-0.39, 0.29) is 12.4 Å². The second kappa shape index (κ2) is 6.38. The van der Waals surface area contributed by atoms with Gasteiger partial charge in [0.2, 0.25) is 5.82 Å². The van der Waals surface area contributed by atoms with E-state index in [1.807, 2.05) is 25.1 Å². The molecule has 7 nitrogen and oxygen atoms in total. The number of nitrogens with zero attached hydrogens (tertiary/aromatic N) is 3. The van der Waals surface area contributed by atoms with Gasteiger partial charge < -0.3 is 14.9 Å². The van der Waals surface area contributed by atoms with Crippen molar-refractivity contribution < 1.29 is 14.5 Å². The molecule has 0 aliphatic heterocycles. The molecule has 1 atom stereocenters. The van der Waals surface area contributed by atoms with E-state index >= 15 is 0 Å². The Morgan fingerprint density at radius 2 is 2.18 bits per heavy atom. The quantitative estimate of drug-likeness (QED) is 0.481. The van der Waals surface area contributed by atoms with Gasteiger partial charge in [-0.25, -0.2) is 4.79 Å². The summed E-state index contributed by atoms with van der Waals surface area (Å²) in [7, 11) is 0. The van der Waals surface area contributed by atoms with E-state index in [0.717, 1.165) is 5.56 Å². The number of carbonyl (C=O) groups excluding carboxylic acids is 1. The van der Waals surface area contributed by atoms with Gasteiger partial charge in [0, 0.05) is 6.92 Å². The third kappa shape index (κ3) is 3.13. The standard InChI is InChI=1S/C15H17N3O4/c1-4-22-15(19)14(12-7-5-6-10(2)8-12)17-9-13(18(20)21)16-11(17)3/h5-9,14H,4H2,1-3H3. The Labute approximate surface area is 127 Å². The van der Waals surface area contributed by atoms with Gasteiger partial charge in [-0.1, -0.05) is 29.8 Å². The fourth-order valence-electron chi connectivity index (χ4n) is 2.29. The lowest BCUT2D eigenvalue weighted by Gasteiger charge is -2.17. The van der Waals surface area contributed by atoms with E-state index in [2.05, 4.69) is 4.98 Å². The molecular weight excluding hydrogens is 286 g/mol. The first-order chi connectivity index (χ1) is 10.4. The van der Waals surface area contributed by atoms with Crippen LogP contribution in [0, 0.1) is 24.0 Å². The molecule has 2 aromatic rings. The van der Waals surface area contributed by atoms with E-state index in [0.29, 0.717) is 11.4 Å². The maximum Gasteiger partial charge on any atom is 0.381 e. The normalized spacial score (nSPS) is 12.0. The van der Waals surface area contributed by atoms with Gasteiger partial charge in [-0.05, 0) is 29.3 Å². The molecule has 0 aliphatic rings. The van der Waals surface area contributed by atoms with E-state index in [1.54, 1.807) is 19.9 Å². The zero-order valence-corrected chi connectivity index (χ0v) is 12.6. The Bertz CT molecular complexity index is 709. The van der Waals surface area contributed by atoms with Crippen LogP contribution >= 0.6 is 0 Å². The van der Waals surface area contributed by atoms with Crippen LogP contribution in [0.4, 0.5) is 5.82 Å². The largest absolute Gasteiger partial charge is 0.464 e. The molecule has 0 aliphatic carbocycles. The summed E-state index contributed by atoms with van der Waals surface area (Å²) in [4.78, 5) is 26.5. The molecule has 0 N–H and O–H groups in total. The number of esters is 1. The summed E-state index contributed by atoms with van der Waals surface area (Å²) < 4.78 is 6.60. The molecule has 7 heteroatoms. The summed E-state index contributed by atoms with van der Waals surface area (Å²) in [5.41, 5.74) is 1.69. The minimum atomic E-state index is -0.791. The van der Waals surface area contributed by atoms with Crippen molar-refractivity contribution in [2.24, 2.45) is 0 Å². The molecule has 0 fully saturated rings. The van der Waals surface area contributed by atoms with Crippen LogP contribution in [0.15, 0.2) is 30.5 Å². The average molecular weight is 303 g/mol. The fraction of sp³-hybridized carbons (Fsp3) is 0.333. The van der Waals surface area contributed by atoms with Gasteiger partial charge in [-0.3, -0.25) is 4.57 Å². The number of hydrogen-bond donors (Lipinski definition) is 0. The Balaban J connectivity index is 2.54. The highest BCUT2D eigenvalue weighted by Gasteiger charge is 2.29. The maximum atomic E-state index is 12.3. The second-order valence-electron chi connectivity index (χ2n) is 4.88. The van der Waals surface area contributed by atoms with E-state index in [4.69, 9.17) is 4.74 Å². The summed E-state index contributed by atoms with van der Waals surface area (Å²) >= 11 is 0. The number of imidazole rings is 1. The van der Waals surface area contributed by atoms with Gasteiger partial charge in [0.25, 0.3) is 0 Å². The molecule has 1 unspecified atom stereocenters. The van der Waals surface area contributed by atoms with Crippen LogP contribution in [-0.4, -0.2) is 27.1 Å². The van der Waals surface area contributed by atoms with Gasteiger partial charge in [0.15, 0.2) is 6.04 Å². The number of aromatic nitrogens is 2. The van der Waals surface area contributed by atoms with Crippen LogP contribution in [0.5, 0.6) is 0 Å². The maximum absolute atomic E-state index is 12.3. The Kier molecular flexibility index (Phi) is 4.55. The van der Waals surface area contributed by atoms with Crippen LogP contribution in [-0.2, 0) is 9.53 Å². The molecule has 0 spiro atoms. The summed E-state index contributed by atoms with van der Waals surface area (Å²) in [5.74, 6) is -0.380. The minimum absolute atomic E-state index is 0.233. The zero-order chi connectivity index (χ0) is 16.3. The molecule has 2 rings (SSSR count). The Hall–Kier alpha value is -2.70. The first kappa shape index (κ1) is 15.7. The van der Waals surface area contributed by atoms with Crippen molar-refractivity contribution >= 4 is 11.8 Å². The van der Waals surface area contributed by atoms with E-state index in [1.165, 1.54) is 10.8 Å². The van der Waals surface area contributed by atoms with Crippen LogP contribution < -0.4 is 0 Å². The minimum Gasteiger partial charge on any atom is -0.464 e. The Morgan fingerprint density at radius 3 is 2.73 bits per heavy atom. The van der Waals surface area contributed by atoms with Crippen molar-refractivity contribution in [2.75, 3.05) is 6.61 Å². The second-order valence-corrected chi connectivity index (χ2v) is 4.88. The molecule has 22 heavy (non-hydrogen) atoms. The molecule has 0 amide bonds. The average Bonchev–Trinajstić information content (AvgIpc) is 2.82. The van der Waals surface area contributed by atoms with Crippen molar-refractivity contribution in [1.29, 1.82) is 0 Å². The van der Waals surface area contributed by atoms with E-state index in [9.17, 15) is 14.9 Å². The molecule has 1 aromatic heterocycles. The van der Waals surface area contributed by atoms with Crippen LogP contribution in [0.1, 0.15) is 29.9 Å². The summed E-state index contributed by atoms with van der Waals surface area (Å²) in [6, 6.07) is 6.60. The summed E-state index contributed by atoms with van der Waals surface area (Å²) in [5, 5.41) is 10.9. The number of benzene rings is 1. The molecule has 1 aromatic carbocycles. The highest BCUT2D eigenvalue weighted by Crippen LogP contribution is 2.25. The van der Waals surface area contributed by atoms with Crippen molar-refractivity contribution in [1.82, 2.24) is 9.55 Å². The smallest absolute Gasteiger partial charge is 0.381 e. The van der Waals surface area contributed by atoms with E-state index < -0.39 is 16.9 Å². The molecule has 1 heterocycles. The molecule has 116 valence electrons. The van der Waals surface area contributed by atoms with Crippen LogP contribution in [0.25, 0.3) is 0 Å². The highest BCUT2D eigenvalue weighted by atomic mass is 16.6. The number of carbonyl (C=O) groups is 1. The first-order valence-electron chi connectivity index (χ1n) is 6.87. The van der Waals surface area contributed by atoms with Crippen LogP contribution in [0.2, 0.25) is 0 Å². The molecule has 0 saturated heterocycles. The van der Waals surface area contributed by atoms with Crippen molar-refractivity contribution in [3.8, 4) is 0 Å². The third-order valence-electron chi connectivity index (χ3n) is 3.24. The lowest BCUT2D eigenvalue weighted by Crippen LogP contribution is -2.23. The summed E-state index contributed by atoms with van der Waals surface area (Å²) in [6.45, 7) is 5.48. The van der Waals surface area contributed by atoms with Gasteiger partial charge in [0.05, 0.1) is 6.61 Å². The fourth-order valence-corrected chi connectivity index (χ4v) is 2.29.